The van der Waals surface area contributed by atoms with Crippen LogP contribution in [0.1, 0.15) is 44.2 Å². The van der Waals surface area contributed by atoms with Crippen LogP contribution < -0.4 is 5.73 Å². The molecule has 100 valence electrons. The minimum absolute atomic E-state index is 0.0628. The van der Waals surface area contributed by atoms with Gasteiger partial charge < -0.3 is 15.5 Å². The molecular formula is C13H21N3O2. The fourth-order valence-electron chi connectivity index (χ4n) is 2.33. The number of H-pyrrole nitrogens is 1. The van der Waals surface area contributed by atoms with Crippen LogP contribution in [-0.2, 0) is 16.0 Å². The molecule has 1 heterocycles. The maximum Gasteiger partial charge on any atom is 0.323 e. The Bertz CT molecular complexity index is 356. The zero-order valence-electron chi connectivity index (χ0n) is 10.6. The molecular weight excluding hydrogens is 230 g/mol. The third-order valence-electron chi connectivity index (χ3n) is 3.38. The number of aromatic nitrogens is 2. The lowest BCUT2D eigenvalue weighted by molar-refractivity contribution is -0.151. The second-order valence-electron chi connectivity index (χ2n) is 4.94. The maximum absolute atomic E-state index is 11.9. The first-order valence-corrected chi connectivity index (χ1v) is 6.69. The number of rotatable bonds is 4. The summed E-state index contributed by atoms with van der Waals surface area (Å²) in [6.45, 7) is 0. The molecule has 1 unspecified atom stereocenters. The van der Waals surface area contributed by atoms with Crippen LogP contribution >= 0.6 is 0 Å². The standard InChI is InChI=1S/C13H21N3O2/c14-12(7-10-8-15-9-16-10)13(17)18-11-5-3-1-2-4-6-11/h8-9,11-12H,1-7,14H2,(H,15,16). The first-order chi connectivity index (χ1) is 8.75. The van der Waals surface area contributed by atoms with E-state index < -0.39 is 6.04 Å². The van der Waals surface area contributed by atoms with Crippen molar-refractivity contribution >= 4 is 5.97 Å². The molecule has 3 N–H and O–H groups in total. The zero-order chi connectivity index (χ0) is 12.8. The number of aromatic amines is 1. The van der Waals surface area contributed by atoms with Crippen molar-refractivity contribution in [2.24, 2.45) is 5.73 Å². The molecule has 2 rings (SSSR count). The first-order valence-electron chi connectivity index (χ1n) is 6.69. The quantitative estimate of drug-likeness (QED) is 0.628. The van der Waals surface area contributed by atoms with E-state index in [0.29, 0.717) is 6.42 Å². The molecule has 1 aromatic rings. The van der Waals surface area contributed by atoms with Crippen molar-refractivity contribution in [1.29, 1.82) is 0 Å². The van der Waals surface area contributed by atoms with Crippen LogP contribution in [0.15, 0.2) is 12.5 Å². The van der Waals surface area contributed by atoms with E-state index in [1.807, 2.05) is 0 Å². The van der Waals surface area contributed by atoms with Gasteiger partial charge in [0.15, 0.2) is 0 Å². The molecule has 0 aromatic carbocycles. The number of esters is 1. The summed E-state index contributed by atoms with van der Waals surface area (Å²) in [5.41, 5.74) is 6.70. The topological polar surface area (TPSA) is 81.0 Å². The van der Waals surface area contributed by atoms with Crippen molar-refractivity contribution in [3.8, 4) is 0 Å². The molecule has 0 radical (unpaired) electrons. The molecule has 0 amide bonds. The molecule has 0 saturated heterocycles. The van der Waals surface area contributed by atoms with Gasteiger partial charge >= 0.3 is 5.97 Å². The molecule has 0 aliphatic heterocycles. The van der Waals surface area contributed by atoms with Crippen LogP contribution in [0.4, 0.5) is 0 Å². The van der Waals surface area contributed by atoms with Crippen LogP contribution in [0.2, 0.25) is 0 Å². The number of nitrogens with one attached hydrogen (secondary N) is 1. The van der Waals surface area contributed by atoms with Gasteiger partial charge in [-0.05, 0) is 25.7 Å². The second-order valence-corrected chi connectivity index (χ2v) is 4.94. The van der Waals surface area contributed by atoms with Crippen molar-refractivity contribution in [2.75, 3.05) is 0 Å². The van der Waals surface area contributed by atoms with Crippen molar-refractivity contribution in [1.82, 2.24) is 9.97 Å². The molecule has 1 fully saturated rings. The fourth-order valence-corrected chi connectivity index (χ4v) is 2.33. The largest absolute Gasteiger partial charge is 0.461 e. The molecule has 0 bridgehead atoms. The van der Waals surface area contributed by atoms with E-state index in [2.05, 4.69) is 9.97 Å². The van der Waals surface area contributed by atoms with Crippen molar-refractivity contribution in [3.63, 3.8) is 0 Å². The minimum atomic E-state index is -0.603. The van der Waals surface area contributed by atoms with Crippen LogP contribution in [0.5, 0.6) is 0 Å². The van der Waals surface area contributed by atoms with Gasteiger partial charge in [-0.2, -0.15) is 0 Å². The van der Waals surface area contributed by atoms with E-state index in [0.717, 1.165) is 31.4 Å². The van der Waals surface area contributed by atoms with Gasteiger partial charge in [-0.25, -0.2) is 4.98 Å². The Morgan fingerprint density at radius 1 is 1.44 bits per heavy atom. The summed E-state index contributed by atoms with van der Waals surface area (Å²) >= 11 is 0. The summed E-state index contributed by atoms with van der Waals surface area (Å²) in [6, 6.07) is -0.603. The Hall–Kier alpha value is -1.36. The Morgan fingerprint density at radius 2 is 2.17 bits per heavy atom. The van der Waals surface area contributed by atoms with Crippen LogP contribution in [0.3, 0.4) is 0 Å². The number of nitrogens with zero attached hydrogens (tertiary/aromatic N) is 1. The minimum Gasteiger partial charge on any atom is -0.461 e. The van der Waals surface area contributed by atoms with Gasteiger partial charge in [0.25, 0.3) is 0 Å². The maximum atomic E-state index is 11.9. The van der Waals surface area contributed by atoms with E-state index in [9.17, 15) is 4.79 Å². The summed E-state index contributed by atoms with van der Waals surface area (Å²) in [5, 5.41) is 0. The smallest absolute Gasteiger partial charge is 0.323 e. The predicted octanol–water partition coefficient (Wildman–Crippen LogP) is 1.55. The highest BCUT2D eigenvalue weighted by atomic mass is 16.5. The average molecular weight is 251 g/mol. The highest BCUT2D eigenvalue weighted by Gasteiger charge is 2.21. The number of hydrogen-bond acceptors (Lipinski definition) is 4. The van der Waals surface area contributed by atoms with E-state index in [4.69, 9.17) is 10.5 Å². The summed E-state index contributed by atoms with van der Waals surface area (Å²) in [5.74, 6) is -0.295. The van der Waals surface area contributed by atoms with Gasteiger partial charge in [0.05, 0.1) is 6.33 Å². The number of carbonyl (C=O) groups is 1. The Kier molecular flexibility index (Phi) is 4.75. The van der Waals surface area contributed by atoms with E-state index in [1.54, 1.807) is 12.5 Å². The molecule has 1 atom stereocenters. The number of imidazole rings is 1. The van der Waals surface area contributed by atoms with Gasteiger partial charge in [0.1, 0.15) is 12.1 Å². The average Bonchev–Trinajstić information content (AvgIpc) is 2.72. The van der Waals surface area contributed by atoms with Gasteiger partial charge in [-0.3, -0.25) is 4.79 Å². The van der Waals surface area contributed by atoms with E-state index in [-0.39, 0.29) is 12.1 Å². The van der Waals surface area contributed by atoms with E-state index >= 15 is 0 Å². The lowest BCUT2D eigenvalue weighted by Crippen LogP contribution is -2.36. The molecule has 18 heavy (non-hydrogen) atoms. The lowest BCUT2D eigenvalue weighted by Gasteiger charge is -2.18. The highest BCUT2D eigenvalue weighted by Crippen LogP contribution is 2.20. The predicted molar refractivity (Wildman–Crippen MR) is 67.8 cm³/mol. The number of carbonyl (C=O) groups excluding carboxylic acids is 1. The Balaban J connectivity index is 1.79. The van der Waals surface area contributed by atoms with Gasteiger partial charge in [0, 0.05) is 18.3 Å². The van der Waals surface area contributed by atoms with E-state index in [1.165, 1.54) is 12.8 Å². The molecule has 1 aromatic heterocycles. The first kappa shape index (κ1) is 13.1. The summed E-state index contributed by atoms with van der Waals surface area (Å²) in [4.78, 5) is 18.7. The normalized spacial score (nSPS) is 19.2. The zero-order valence-corrected chi connectivity index (χ0v) is 10.6. The lowest BCUT2D eigenvalue weighted by atomic mass is 10.1. The highest BCUT2D eigenvalue weighted by molar-refractivity contribution is 5.76. The third kappa shape index (κ3) is 3.84. The molecule has 0 spiro atoms. The Labute approximate surface area is 107 Å². The number of nitrogens with two attached hydrogens (primary N) is 1. The number of ether oxygens (including phenoxy) is 1. The summed E-state index contributed by atoms with van der Waals surface area (Å²) in [6.07, 6.45) is 10.5. The molecule has 5 nitrogen and oxygen atoms in total. The fraction of sp³-hybridized carbons (Fsp3) is 0.692. The molecule has 1 aliphatic rings. The Morgan fingerprint density at radius 3 is 2.78 bits per heavy atom. The SMILES string of the molecule is NC(Cc1cnc[nH]1)C(=O)OC1CCCCCC1. The van der Waals surface area contributed by atoms with Crippen LogP contribution in [0, 0.1) is 0 Å². The summed E-state index contributed by atoms with van der Waals surface area (Å²) in [7, 11) is 0. The monoisotopic (exact) mass is 251 g/mol. The van der Waals surface area contributed by atoms with Crippen molar-refractivity contribution < 1.29 is 9.53 Å². The second kappa shape index (κ2) is 6.54. The van der Waals surface area contributed by atoms with Gasteiger partial charge in [0.2, 0.25) is 0 Å². The molecule has 5 heteroatoms. The van der Waals surface area contributed by atoms with Crippen molar-refractivity contribution in [2.45, 2.75) is 57.1 Å². The van der Waals surface area contributed by atoms with Crippen LogP contribution in [-0.4, -0.2) is 28.1 Å². The van der Waals surface area contributed by atoms with Crippen molar-refractivity contribution in [3.05, 3.63) is 18.2 Å². The molecule has 1 saturated carbocycles. The molecule has 1 aliphatic carbocycles. The third-order valence-corrected chi connectivity index (χ3v) is 3.38. The van der Waals surface area contributed by atoms with Gasteiger partial charge in [-0.1, -0.05) is 12.8 Å². The van der Waals surface area contributed by atoms with Crippen LogP contribution in [0.25, 0.3) is 0 Å². The van der Waals surface area contributed by atoms with Gasteiger partial charge in [-0.15, -0.1) is 0 Å². The summed E-state index contributed by atoms with van der Waals surface area (Å²) < 4.78 is 5.48. The number of hydrogen-bond donors (Lipinski definition) is 2.